The molecule has 0 aliphatic rings. The minimum absolute atomic E-state index is 0.0605. The van der Waals surface area contributed by atoms with E-state index in [1.165, 1.54) is 40.8 Å². The SMILES string of the molecule is CCC(c1ccc(Cl)nc1)N(Cc1c(C)cccc1C(=O)O)S(=O)(=O)c1ccc(Cl)cc1. The first-order valence-corrected chi connectivity index (χ1v) is 12.1. The van der Waals surface area contributed by atoms with Crippen molar-refractivity contribution in [3.05, 3.63) is 93.2 Å². The lowest BCUT2D eigenvalue weighted by atomic mass is 10.0. The maximum absolute atomic E-state index is 13.8. The molecule has 0 aliphatic heterocycles. The molecule has 1 aromatic heterocycles. The normalized spacial score (nSPS) is 12.7. The van der Waals surface area contributed by atoms with Crippen LogP contribution in [-0.2, 0) is 16.6 Å². The molecule has 0 radical (unpaired) electrons. The summed E-state index contributed by atoms with van der Waals surface area (Å²) in [6.07, 6.45) is 1.97. The van der Waals surface area contributed by atoms with Crippen molar-refractivity contribution in [3.63, 3.8) is 0 Å². The van der Waals surface area contributed by atoms with E-state index in [4.69, 9.17) is 23.2 Å². The van der Waals surface area contributed by atoms with E-state index in [1.807, 2.05) is 6.92 Å². The maximum Gasteiger partial charge on any atom is 0.336 e. The zero-order valence-electron chi connectivity index (χ0n) is 17.5. The van der Waals surface area contributed by atoms with Crippen molar-refractivity contribution in [1.29, 1.82) is 0 Å². The van der Waals surface area contributed by atoms with Gasteiger partial charge in [0.15, 0.2) is 0 Å². The molecule has 3 rings (SSSR count). The summed E-state index contributed by atoms with van der Waals surface area (Å²) in [7, 11) is -4.02. The molecule has 9 heteroatoms. The third-order valence-electron chi connectivity index (χ3n) is 5.24. The third kappa shape index (κ3) is 5.13. The van der Waals surface area contributed by atoms with Gasteiger partial charge in [-0.15, -0.1) is 0 Å². The largest absolute Gasteiger partial charge is 0.478 e. The molecule has 3 aromatic rings. The molecule has 168 valence electrons. The average Bonchev–Trinajstić information content (AvgIpc) is 2.75. The van der Waals surface area contributed by atoms with Crippen molar-refractivity contribution in [2.24, 2.45) is 0 Å². The van der Waals surface area contributed by atoms with E-state index in [-0.39, 0.29) is 17.0 Å². The monoisotopic (exact) mass is 492 g/mol. The van der Waals surface area contributed by atoms with Crippen molar-refractivity contribution >= 4 is 39.2 Å². The molecule has 2 aromatic carbocycles. The van der Waals surface area contributed by atoms with E-state index in [2.05, 4.69) is 4.98 Å². The Hall–Kier alpha value is -2.45. The van der Waals surface area contributed by atoms with Gasteiger partial charge in [-0.25, -0.2) is 18.2 Å². The van der Waals surface area contributed by atoms with Crippen LogP contribution >= 0.6 is 23.2 Å². The molecule has 0 spiro atoms. The molecular weight excluding hydrogens is 471 g/mol. The molecule has 0 saturated carbocycles. The molecular formula is C23H22Cl2N2O4S. The summed E-state index contributed by atoms with van der Waals surface area (Å²) in [6.45, 7) is 3.50. The number of benzene rings is 2. The predicted molar refractivity (Wildman–Crippen MR) is 125 cm³/mol. The minimum atomic E-state index is -4.02. The molecule has 0 saturated heterocycles. The van der Waals surface area contributed by atoms with Crippen LogP contribution in [0.4, 0.5) is 0 Å². The number of halogens is 2. The van der Waals surface area contributed by atoms with Gasteiger partial charge in [0.05, 0.1) is 16.5 Å². The summed E-state index contributed by atoms with van der Waals surface area (Å²) in [4.78, 5) is 16.0. The van der Waals surface area contributed by atoms with Crippen molar-refractivity contribution in [3.8, 4) is 0 Å². The molecule has 32 heavy (non-hydrogen) atoms. The Morgan fingerprint density at radius 2 is 1.78 bits per heavy atom. The third-order valence-corrected chi connectivity index (χ3v) is 7.59. The van der Waals surface area contributed by atoms with Crippen LogP contribution in [0.15, 0.2) is 65.7 Å². The highest BCUT2D eigenvalue weighted by Gasteiger charge is 2.33. The molecule has 1 atom stereocenters. The number of hydrogen-bond donors (Lipinski definition) is 1. The second-order valence-corrected chi connectivity index (χ2v) is 9.96. The van der Waals surface area contributed by atoms with Gasteiger partial charge in [0.1, 0.15) is 5.15 Å². The van der Waals surface area contributed by atoms with Gasteiger partial charge in [-0.2, -0.15) is 4.31 Å². The van der Waals surface area contributed by atoms with Crippen molar-refractivity contribution in [2.75, 3.05) is 0 Å². The molecule has 0 bridgehead atoms. The highest BCUT2D eigenvalue weighted by molar-refractivity contribution is 7.89. The lowest BCUT2D eigenvalue weighted by Crippen LogP contribution is -2.35. The summed E-state index contributed by atoms with van der Waals surface area (Å²) in [5.74, 6) is -1.12. The van der Waals surface area contributed by atoms with Crippen LogP contribution in [0.5, 0.6) is 0 Å². The molecule has 1 unspecified atom stereocenters. The van der Waals surface area contributed by atoms with Crippen LogP contribution in [-0.4, -0.2) is 28.8 Å². The van der Waals surface area contributed by atoms with Crippen molar-refractivity contribution in [2.45, 2.75) is 37.8 Å². The maximum atomic E-state index is 13.8. The number of pyridine rings is 1. The van der Waals surface area contributed by atoms with Crippen molar-refractivity contribution in [1.82, 2.24) is 9.29 Å². The Bertz CT molecular complexity index is 1210. The number of aryl methyl sites for hydroxylation is 1. The Morgan fingerprint density at radius 3 is 2.34 bits per heavy atom. The number of rotatable bonds is 8. The van der Waals surface area contributed by atoms with Gasteiger partial charge < -0.3 is 5.11 Å². The van der Waals surface area contributed by atoms with Gasteiger partial charge in [0.2, 0.25) is 10.0 Å². The van der Waals surface area contributed by atoms with Crippen LogP contribution in [0, 0.1) is 6.92 Å². The molecule has 1 heterocycles. The van der Waals surface area contributed by atoms with Crippen LogP contribution in [0.25, 0.3) is 0 Å². The summed E-state index contributed by atoms with van der Waals surface area (Å²) in [5.41, 5.74) is 1.83. The fourth-order valence-electron chi connectivity index (χ4n) is 3.56. The summed E-state index contributed by atoms with van der Waals surface area (Å²) in [5, 5.41) is 10.4. The van der Waals surface area contributed by atoms with Crippen LogP contribution < -0.4 is 0 Å². The lowest BCUT2D eigenvalue weighted by molar-refractivity contribution is 0.0694. The summed E-state index contributed by atoms with van der Waals surface area (Å²) >= 11 is 11.9. The first-order chi connectivity index (χ1) is 15.1. The number of aromatic nitrogens is 1. The zero-order valence-corrected chi connectivity index (χ0v) is 19.8. The second-order valence-electron chi connectivity index (χ2n) is 7.25. The fourth-order valence-corrected chi connectivity index (χ4v) is 5.46. The van der Waals surface area contributed by atoms with Gasteiger partial charge in [-0.3, -0.25) is 0 Å². The van der Waals surface area contributed by atoms with Gasteiger partial charge in [-0.05, 0) is 66.4 Å². The summed E-state index contributed by atoms with van der Waals surface area (Å²) < 4.78 is 28.9. The van der Waals surface area contributed by atoms with Crippen LogP contribution in [0.3, 0.4) is 0 Å². The van der Waals surface area contributed by atoms with E-state index in [9.17, 15) is 18.3 Å². The smallest absolute Gasteiger partial charge is 0.336 e. The first kappa shape index (κ1) is 24.2. The Morgan fingerprint density at radius 1 is 1.09 bits per heavy atom. The predicted octanol–water partition coefficient (Wildman–Crippen LogP) is 5.74. The molecule has 0 amide bonds. The lowest BCUT2D eigenvalue weighted by Gasteiger charge is -2.31. The number of nitrogens with zero attached hydrogens (tertiary/aromatic N) is 2. The van der Waals surface area contributed by atoms with Gasteiger partial charge in [-0.1, -0.05) is 48.3 Å². The molecule has 6 nitrogen and oxygen atoms in total. The van der Waals surface area contributed by atoms with Gasteiger partial charge in [0.25, 0.3) is 0 Å². The summed E-state index contributed by atoms with van der Waals surface area (Å²) in [6, 6.07) is 13.5. The number of carboxylic acid groups (broad SMARTS) is 1. The minimum Gasteiger partial charge on any atom is -0.478 e. The topological polar surface area (TPSA) is 87.6 Å². The van der Waals surface area contributed by atoms with Crippen LogP contribution in [0.2, 0.25) is 10.2 Å². The average molecular weight is 493 g/mol. The number of carboxylic acids is 1. The van der Waals surface area contributed by atoms with Gasteiger partial charge >= 0.3 is 5.97 Å². The molecule has 1 N–H and O–H groups in total. The standard InChI is InChI=1S/C23H22Cl2N2O4S/c1-3-21(16-7-12-22(25)26-13-16)27(32(30,31)18-10-8-17(24)9-11-18)14-20-15(2)5-4-6-19(20)23(28)29/h4-13,21H,3,14H2,1-2H3,(H,28,29). The quantitative estimate of drug-likeness (QED) is 0.405. The Kier molecular flexibility index (Phi) is 7.56. The fraction of sp³-hybridized carbons (Fsp3) is 0.217. The van der Waals surface area contributed by atoms with Crippen LogP contribution in [0.1, 0.15) is 46.4 Å². The highest BCUT2D eigenvalue weighted by atomic mass is 35.5. The highest BCUT2D eigenvalue weighted by Crippen LogP contribution is 2.34. The molecule has 0 fully saturated rings. The Labute approximate surface area is 197 Å². The van der Waals surface area contributed by atoms with E-state index in [0.29, 0.717) is 33.3 Å². The van der Waals surface area contributed by atoms with Gasteiger partial charge in [0, 0.05) is 17.8 Å². The van der Waals surface area contributed by atoms with E-state index in [0.717, 1.165) is 0 Å². The number of carbonyl (C=O) groups is 1. The Balaban J connectivity index is 2.19. The van der Waals surface area contributed by atoms with E-state index in [1.54, 1.807) is 31.2 Å². The number of hydrogen-bond acceptors (Lipinski definition) is 4. The molecule has 0 aliphatic carbocycles. The number of sulfonamides is 1. The second kappa shape index (κ2) is 10.0. The zero-order chi connectivity index (χ0) is 23.5. The van der Waals surface area contributed by atoms with E-state index >= 15 is 0 Å². The van der Waals surface area contributed by atoms with Crippen molar-refractivity contribution < 1.29 is 18.3 Å². The number of aromatic carboxylic acids is 1. The first-order valence-electron chi connectivity index (χ1n) is 9.85. The van der Waals surface area contributed by atoms with E-state index < -0.39 is 22.0 Å².